The molecule has 1 aromatic carbocycles. The maximum Gasteiger partial charge on any atom is 0.265 e. The first-order valence-corrected chi connectivity index (χ1v) is 9.91. The van der Waals surface area contributed by atoms with Crippen molar-refractivity contribution in [1.29, 1.82) is 0 Å². The van der Waals surface area contributed by atoms with Gasteiger partial charge < -0.3 is 14.7 Å². The molecule has 0 radical (unpaired) electrons. The van der Waals surface area contributed by atoms with Crippen LogP contribution in [0, 0.1) is 0 Å². The Hall–Kier alpha value is -3.00. The molecule has 1 amide bonds. The fraction of sp³-hybridized carbons (Fsp3) is 0.211. The molecule has 0 fully saturated rings. The van der Waals surface area contributed by atoms with Crippen LogP contribution in [0.3, 0.4) is 0 Å². The molecule has 0 spiro atoms. The van der Waals surface area contributed by atoms with Crippen LogP contribution < -0.4 is 10.5 Å². The van der Waals surface area contributed by atoms with Crippen molar-refractivity contribution < 1.29 is 17.6 Å². The quantitative estimate of drug-likeness (QED) is 0.649. The Kier molecular flexibility index (Phi) is 5.09. The van der Waals surface area contributed by atoms with Gasteiger partial charge in [-0.2, -0.15) is 0 Å². The van der Waals surface area contributed by atoms with Gasteiger partial charge in [-0.15, -0.1) is 0 Å². The van der Waals surface area contributed by atoms with E-state index in [0.29, 0.717) is 11.7 Å². The molecule has 8 heteroatoms. The fourth-order valence-corrected chi connectivity index (χ4v) is 3.79. The van der Waals surface area contributed by atoms with Gasteiger partial charge in [0.1, 0.15) is 17.3 Å². The number of anilines is 1. The molecule has 0 aliphatic carbocycles. The normalized spacial score (nSPS) is 11.7. The topological polar surface area (TPSA) is 107 Å². The first-order valence-electron chi connectivity index (χ1n) is 8.42. The summed E-state index contributed by atoms with van der Waals surface area (Å²) in [6.07, 6.45) is 1.50. The first kappa shape index (κ1) is 18.8. The smallest absolute Gasteiger partial charge is 0.265 e. The predicted octanol–water partition coefficient (Wildman–Crippen LogP) is 3.15. The van der Waals surface area contributed by atoms with Crippen molar-refractivity contribution in [1.82, 2.24) is 4.57 Å². The number of amides is 1. The number of nitrogens with two attached hydrogens (primary N) is 1. The SMILES string of the molecule is CC(C)c1ccc(S(=O)(=O)Nc2ccc(C(N)=O)n2Cc2ccco2)cc1. The average Bonchev–Trinajstić information content (AvgIpc) is 3.26. The summed E-state index contributed by atoms with van der Waals surface area (Å²) < 4.78 is 34.8. The van der Waals surface area contributed by atoms with Crippen LogP contribution in [-0.2, 0) is 16.6 Å². The zero-order chi connectivity index (χ0) is 19.6. The molecule has 0 saturated carbocycles. The zero-order valence-corrected chi connectivity index (χ0v) is 15.9. The molecule has 2 heterocycles. The van der Waals surface area contributed by atoms with E-state index >= 15 is 0 Å². The van der Waals surface area contributed by atoms with Crippen molar-refractivity contribution in [3.63, 3.8) is 0 Å². The number of furan rings is 1. The van der Waals surface area contributed by atoms with Gasteiger partial charge in [-0.1, -0.05) is 26.0 Å². The number of hydrogen-bond donors (Lipinski definition) is 2. The van der Waals surface area contributed by atoms with Gasteiger partial charge in [0.25, 0.3) is 15.9 Å². The van der Waals surface area contributed by atoms with Crippen LogP contribution in [0.2, 0.25) is 0 Å². The number of aromatic nitrogens is 1. The van der Waals surface area contributed by atoms with Crippen molar-refractivity contribution in [3.05, 3.63) is 71.8 Å². The standard InChI is InChI=1S/C19H21N3O4S/c1-13(2)14-5-7-16(8-6-14)27(24,25)21-18-10-9-17(19(20)23)22(18)12-15-4-3-11-26-15/h3-11,13,21H,12H2,1-2H3,(H2,20,23). The lowest BCUT2D eigenvalue weighted by atomic mass is 10.0. The molecule has 2 aromatic heterocycles. The minimum Gasteiger partial charge on any atom is -0.467 e. The first-order chi connectivity index (χ1) is 12.8. The number of carbonyl (C=O) groups excluding carboxylic acids is 1. The molecule has 7 nitrogen and oxygen atoms in total. The van der Waals surface area contributed by atoms with Crippen LogP contribution in [-0.4, -0.2) is 18.9 Å². The highest BCUT2D eigenvalue weighted by molar-refractivity contribution is 7.92. The summed E-state index contributed by atoms with van der Waals surface area (Å²) >= 11 is 0. The highest BCUT2D eigenvalue weighted by Crippen LogP contribution is 2.23. The third-order valence-electron chi connectivity index (χ3n) is 4.22. The van der Waals surface area contributed by atoms with E-state index in [-0.39, 0.29) is 23.0 Å². The molecule has 27 heavy (non-hydrogen) atoms. The second-order valence-corrected chi connectivity index (χ2v) is 8.15. The molecule has 3 aromatic rings. The fourth-order valence-electron chi connectivity index (χ4n) is 2.73. The van der Waals surface area contributed by atoms with E-state index in [0.717, 1.165) is 5.56 Å². The Morgan fingerprint density at radius 3 is 2.41 bits per heavy atom. The van der Waals surface area contributed by atoms with Gasteiger partial charge in [-0.25, -0.2) is 8.42 Å². The van der Waals surface area contributed by atoms with E-state index in [9.17, 15) is 13.2 Å². The number of benzene rings is 1. The van der Waals surface area contributed by atoms with E-state index in [2.05, 4.69) is 4.72 Å². The number of primary amides is 1. The van der Waals surface area contributed by atoms with Gasteiger partial charge in [0.05, 0.1) is 17.7 Å². The average molecular weight is 387 g/mol. The monoisotopic (exact) mass is 387 g/mol. The van der Waals surface area contributed by atoms with Gasteiger partial charge in [0.2, 0.25) is 0 Å². The van der Waals surface area contributed by atoms with Crippen molar-refractivity contribution in [2.45, 2.75) is 31.2 Å². The Bertz CT molecular complexity index is 1030. The molecule has 0 aliphatic rings. The summed E-state index contributed by atoms with van der Waals surface area (Å²) in [6.45, 7) is 4.24. The molecular formula is C19H21N3O4S. The number of nitrogens with one attached hydrogen (secondary N) is 1. The van der Waals surface area contributed by atoms with Crippen LogP contribution in [0.25, 0.3) is 0 Å². The third kappa shape index (κ3) is 4.06. The molecule has 0 bridgehead atoms. The molecule has 0 unspecified atom stereocenters. The summed E-state index contributed by atoms with van der Waals surface area (Å²) in [5, 5.41) is 0. The summed E-state index contributed by atoms with van der Waals surface area (Å²) in [4.78, 5) is 11.8. The van der Waals surface area contributed by atoms with Crippen LogP contribution in [0.4, 0.5) is 5.82 Å². The zero-order valence-electron chi connectivity index (χ0n) is 15.0. The Balaban J connectivity index is 1.93. The second-order valence-electron chi connectivity index (χ2n) is 6.46. The van der Waals surface area contributed by atoms with Crippen LogP contribution in [0.5, 0.6) is 0 Å². The van der Waals surface area contributed by atoms with E-state index in [1.54, 1.807) is 36.4 Å². The van der Waals surface area contributed by atoms with Gasteiger partial charge in [-0.3, -0.25) is 9.52 Å². The van der Waals surface area contributed by atoms with E-state index in [4.69, 9.17) is 10.2 Å². The summed E-state index contributed by atoms with van der Waals surface area (Å²) in [6, 6.07) is 13.1. The van der Waals surface area contributed by atoms with Gasteiger partial charge >= 0.3 is 0 Å². The van der Waals surface area contributed by atoms with Gasteiger partial charge in [-0.05, 0) is 47.9 Å². The summed E-state index contributed by atoms with van der Waals surface area (Å²) in [5.41, 5.74) is 6.64. The number of carbonyl (C=O) groups is 1. The Morgan fingerprint density at radius 2 is 1.85 bits per heavy atom. The second kappa shape index (κ2) is 7.32. The number of nitrogens with zero attached hydrogens (tertiary/aromatic N) is 1. The minimum absolute atomic E-state index is 0.137. The van der Waals surface area contributed by atoms with Crippen LogP contribution in [0.15, 0.2) is 64.1 Å². The molecular weight excluding hydrogens is 366 g/mol. The largest absolute Gasteiger partial charge is 0.467 e. The van der Waals surface area contributed by atoms with Crippen molar-refractivity contribution in [3.8, 4) is 0 Å². The van der Waals surface area contributed by atoms with Crippen LogP contribution in [0.1, 0.15) is 41.6 Å². The number of rotatable bonds is 7. The van der Waals surface area contributed by atoms with Crippen molar-refractivity contribution >= 4 is 21.7 Å². The lowest BCUT2D eigenvalue weighted by Gasteiger charge is -2.13. The Morgan fingerprint density at radius 1 is 1.15 bits per heavy atom. The maximum absolute atomic E-state index is 12.8. The lowest BCUT2D eigenvalue weighted by Crippen LogP contribution is -2.21. The van der Waals surface area contributed by atoms with Gasteiger partial charge in [0.15, 0.2) is 0 Å². The molecule has 3 rings (SSSR count). The minimum atomic E-state index is -3.82. The predicted molar refractivity (Wildman–Crippen MR) is 102 cm³/mol. The number of sulfonamides is 1. The van der Waals surface area contributed by atoms with Crippen molar-refractivity contribution in [2.24, 2.45) is 5.73 Å². The molecule has 0 saturated heterocycles. The van der Waals surface area contributed by atoms with Crippen molar-refractivity contribution in [2.75, 3.05) is 4.72 Å². The highest BCUT2D eigenvalue weighted by atomic mass is 32.2. The lowest BCUT2D eigenvalue weighted by molar-refractivity contribution is 0.0992. The maximum atomic E-state index is 12.8. The summed E-state index contributed by atoms with van der Waals surface area (Å²) in [7, 11) is -3.82. The van der Waals surface area contributed by atoms with Crippen LogP contribution >= 0.6 is 0 Å². The van der Waals surface area contributed by atoms with E-state index < -0.39 is 15.9 Å². The van der Waals surface area contributed by atoms with Gasteiger partial charge in [0, 0.05) is 0 Å². The molecule has 0 aliphatic heterocycles. The molecule has 142 valence electrons. The summed E-state index contributed by atoms with van der Waals surface area (Å²) in [5.74, 6) is 0.440. The number of hydrogen-bond acceptors (Lipinski definition) is 4. The van der Waals surface area contributed by atoms with E-state index in [1.807, 2.05) is 13.8 Å². The highest BCUT2D eigenvalue weighted by Gasteiger charge is 2.20. The molecule has 3 N–H and O–H groups in total. The van der Waals surface area contributed by atoms with E-state index in [1.165, 1.54) is 23.0 Å². The Labute approximate surface area is 157 Å². The third-order valence-corrected chi connectivity index (χ3v) is 5.59. The molecule has 0 atom stereocenters.